The Kier molecular flexibility index (Phi) is 6.51. The standard InChI is InChI=1S/C16H22N6O2S/c1-5-12(4)17-15(24)18-14(23)9-25-16-19-20-21-22(16)13-7-6-10(2)8-11(13)3/h6-8,12H,5,9H2,1-4H3,(H2,17,18,23,24)/t12-/m0/s1. The van der Waals surface area contributed by atoms with E-state index in [2.05, 4.69) is 26.2 Å². The highest BCUT2D eigenvalue weighted by atomic mass is 32.2. The predicted octanol–water partition coefficient (Wildman–Crippen LogP) is 2.00. The predicted molar refractivity (Wildman–Crippen MR) is 95.8 cm³/mol. The molecule has 0 aliphatic carbocycles. The number of tetrazole rings is 1. The molecule has 0 aliphatic rings. The number of carbonyl (C=O) groups excluding carboxylic acids is 2. The minimum atomic E-state index is -0.492. The van der Waals surface area contributed by atoms with Crippen molar-refractivity contribution in [3.63, 3.8) is 0 Å². The second-order valence-corrected chi connectivity index (χ2v) is 6.73. The van der Waals surface area contributed by atoms with Gasteiger partial charge < -0.3 is 5.32 Å². The van der Waals surface area contributed by atoms with E-state index in [4.69, 9.17) is 0 Å². The number of nitrogens with zero attached hydrogens (tertiary/aromatic N) is 4. The van der Waals surface area contributed by atoms with E-state index in [0.717, 1.165) is 23.2 Å². The molecule has 0 radical (unpaired) electrons. The number of hydrogen-bond donors (Lipinski definition) is 2. The van der Waals surface area contributed by atoms with Gasteiger partial charge in [-0.1, -0.05) is 36.4 Å². The Morgan fingerprint density at radius 3 is 2.76 bits per heavy atom. The second-order valence-electron chi connectivity index (χ2n) is 5.78. The van der Waals surface area contributed by atoms with Gasteiger partial charge in [-0.05, 0) is 49.2 Å². The monoisotopic (exact) mass is 362 g/mol. The summed E-state index contributed by atoms with van der Waals surface area (Å²) in [6.07, 6.45) is 0.793. The Labute approximate surface area is 150 Å². The van der Waals surface area contributed by atoms with Crippen molar-refractivity contribution in [3.8, 4) is 5.69 Å². The number of aromatic nitrogens is 4. The summed E-state index contributed by atoms with van der Waals surface area (Å²) in [7, 11) is 0. The normalized spacial score (nSPS) is 11.8. The van der Waals surface area contributed by atoms with Crippen LogP contribution in [0.25, 0.3) is 5.69 Å². The van der Waals surface area contributed by atoms with Crippen molar-refractivity contribution >= 4 is 23.7 Å². The highest BCUT2D eigenvalue weighted by Gasteiger charge is 2.15. The van der Waals surface area contributed by atoms with E-state index in [-0.39, 0.29) is 11.8 Å². The number of imide groups is 1. The van der Waals surface area contributed by atoms with E-state index in [0.29, 0.717) is 5.16 Å². The lowest BCUT2D eigenvalue weighted by Gasteiger charge is -2.11. The lowest BCUT2D eigenvalue weighted by molar-refractivity contribution is -0.117. The second kappa shape index (κ2) is 8.61. The zero-order chi connectivity index (χ0) is 18.4. The topological polar surface area (TPSA) is 102 Å². The van der Waals surface area contributed by atoms with Gasteiger partial charge in [-0.25, -0.2) is 4.79 Å². The van der Waals surface area contributed by atoms with Crippen LogP contribution in [0.3, 0.4) is 0 Å². The van der Waals surface area contributed by atoms with Crippen molar-refractivity contribution in [3.05, 3.63) is 29.3 Å². The van der Waals surface area contributed by atoms with Gasteiger partial charge in [0.1, 0.15) is 0 Å². The lowest BCUT2D eigenvalue weighted by Crippen LogP contribution is -2.43. The Hall–Kier alpha value is -2.42. The molecule has 2 rings (SSSR count). The highest BCUT2D eigenvalue weighted by Crippen LogP contribution is 2.21. The molecule has 1 atom stereocenters. The number of benzene rings is 1. The van der Waals surface area contributed by atoms with Crippen LogP contribution in [0.2, 0.25) is 0 Å². The summed E-state index contributed by atoms with van der Waals surface area (Å²) >= 11 is 1.17. The maximum absolute atomic E-state index is 11.9. The Morgan fingerprint density at radius 1 is 1.32 bits per heavy atom. The van der Waals surface area contributed by atoms with Crippen LogP contribution in [0.1, 0.15) is 31.4 Å². The number of urea groups is 1. The fraction of sp³-hybridized carbons (Fsp3) is 0.438. The Morgan fingerprint density at radius 2 is 2.08 bits per heavy atom. The minimum absolute atomic E-state index is 0.0114. The first kappa shape index (κ1) is 18.9. The molecule has 0 fully saturated rings. The summed E-state index contributed by atoms with van der Waals surface area (Å²) in [6, 6.07) is 5.47. The first-order valence-corrected chi connectivity index (χ1v) is 8.98. The van der Waals surface area contributed by atoms with Gasteiger partial charge in [-0.15, -0.1) is 5.10 Å². The largest absolute Gasteiger partial charge is 0.335 e. The van der Waals surface area contributed by atoms with E-state index in [9.17, 15) is 9.59 Å². The molecule has 0 saturated heterocycles. The third kappa shape index (κ3) is 5.28. The molecule has 0 aliphatic heterocycles. The molecule has 134 valence electrons. The van der Waals surface area contributed by atoms with Gasteiger partial charge in [0, 0.05) is 6.04 Å². The van der Waals surface area contributed by atoms with Crippen LogP contribution in [-0.4, -0.2) is 43.9 Å². The zero-order valence-corrected chi connectivity index (χ0v) is 15.6. The molecule has 0 bridgehead atoms. The SMILES string of the molecule is CC[C@H](C)NC(=O)NC(=O)CSc1nnnn1-c1ccc(C)cc1C. The number of hydrogen-bond acceptors (Lipinski definition) is 6. The number of amides is 3. The van der Waals surface area contributed by atoms with Crippen molar-refractivity contribution in [2.75, 3.05) is 5.75 Å². The van der Waals surface area contributed by atoms with Gasteiger partial charge in [0.15, 0.2) is 0 Å². The van der Waals surface area contributed by atoms with Crippen LogP contribution < -0.4 is 10.6 Å². The first-order chi connectivity index (χ1) is 11.9. The van der Waals surface area contributed by atoms with Gasteiger partial charge in [0.2, 0.25) is 11.1 Å². The molecule has 0 spiro atoms. The summed E-state index contributed by atoms with van der Waals surface area (Å²) in [4.78, 5) is 23.6. The molecular weight excluding hydrogens is 340 g/mol. The van der Waals surface area contributed by atoms with Gasteiger partial charge in [-0.2, -0.15) is 4.68 Å². The van der Waals surface area contributed by atoms with Gasteiger partial charge in [0.05, 0.1) is 11.4 Å². The van der Waals surface area contributed by atoms with Gasteiger partial charge >= 0.3 is 6.03 Å². The molecular formula is C16H22N6O2S. The number of thioether (sulfide) groups is 1. The molecule has 1 aromatic carbocycles. The summed E-state index contributed by atoms with van der Waals surface area (Å²) < 4.78 is 1.59. The quantitative estimate of drug-likeness (QED) is 0.762. The van der Waals surface area contributed by atoms with Crippen molar-refractivity contribution in [2.24, 2.45) is 0 Å². The summed E-state index contributed by atoms with van der Waals surface area (Å²) in [5, 5.41) is 17.1. The third-order valence-electron chi connectivity index (χ3n) is 3.60. The minimum Gasteiger partial charge on any atom is -0.335 e. The van der Waals surface area contributed by atoms with Crippen LogP contribution in [0, 0.1) is 13.8 Å². The van der Waals surface area contributed by atoms with Crippen LogP contribution in [-0.2, 0) is 4.79 Å². The van der Waals surface area contributed by atoms with Crippen LogP contribution >= 0.6 is 11.8 Å². The van der Waals surface area contributed by atoms with Crippen molar-refractivity contribution in [1.82, 2.24) is 30.8 Å². The lowest BCUT2D eigenvalue weighted by atomic mass is 10.1. The van der Waals surface area contributed by atoms with Crippen LogP contribution in [0.4, 0.5) is 4.79 Å². The first-order valence-electron chi connectivity index (χ1n) is 7.99. The Balaban J connectivity index is 1.97. The molecule has 0 unspecified atom stereocenters. The zero-order valence-electron chi connectivity index (χ0n) is 14.7. The van der Waals surface area contributed by atoms with E-state index in [1.807, 2.05) is 45.9 Å². The fourth-order valence-corrected chi connectivity index (χ4v) is 2.80. The highest BCUT2D eigenvalue weighted by molar-refractivity contribution is 7.99. The molecule has 3 amide bonds. The Bertz CT molecular complexity index is 761. The number of carbonyl (C=O) groups is 2. The van der Waals surface area contributed by atoms with Crippen LogP contribution in [0.15, 0.2) is 23.4 Å². The summed E-state index contributed by atoms with van der Waals surface area (Å²) in [6.45, 7) is 7.82. The fourth-order valence-electron chi connectivity index (χ4n) is 2.12. The van der Waals surface area contributed by atoms with Crippen LogP contribution in [0.5, 0.6) is 0 Å². The molecule has 2 N–H and O–H groups in total. The van der Waals surface area contributed by atoms with Crippen molar-refractivity contribution < 1.29 is 9.59 Å². The average Bonchev–Trinajstić information content (AvgIpc) is 3.00. The molecule has 8 nitrogen and oxygen atoms in total. The molecule has 2 aromatic rings. The van der Waals surface area contributed by atoms with E-state index >= 15 is 0 Å². The van der Waals surface area contributed by atoms with Gasteiger partial charge in [-0.3, -0.25) is 10.1 Å². The van der Waals surface area contributed by atoms with Gasteiger partial charge in [0.25, 0.3) is 0 Å². The number of aryl methyl sites for hydroxylation is 2. The average molecular weight is 362 g/mol. The van der Waals surface area contributed by atoms with E-state index in [1.165, 1.54) is 11.8 Å². The van der Waals surface area contributed by atoms with Crippen molar-refractivity contribution in [1.29, 1.82) is 0 Å². The van der Waals surface area contributed by atoms with E-state index < -0.39 is 11.9 Å². The van der Waals surface area contributed by atoms with Crippen molar-refractivity contribution in [2.45, 2.75) is 45.3 Å². The maximum atomic E-state index is 11.9. The molecule has 0 saturated carbocycles. The summed E-state index contributed by atoms with van der Waals surface area (Å²) in [5.41, 5.74) is 3.04. The molecule has 9 heteroatoms. The smallest absolute Gasteiger partial charge is 0.321 e. The molecule has 1 heterocycles. The maximum Gasteiger partial charge on any atom is 0.321 e. The molecule has 1 aromatic heterocycles. The third-order valence-corrected chi connectivity index (χ3v) is 4.52. The number of rotatable bonds is 6. The molecule has 25 heavy (non-hydrogen) atoms. The summed E-state index contributed by atoms with van der Waals surface area (Å²) in [5.74, 6) is -0.361. The van der Waals surface area contributed by atoms with E-state index in [1.54, 1.807) is 4.68 Å². The number of nitrogens with one attached hydrogen (secondary N) is 2.